The van der Waals surface area contributed by atoms with Gasteiger partial charge in [0.15, 0.2) is 23.3 Å². The monoisotopic (exact) mass is 498 g/mol. The average molecular weight is 499 g/mol. The molecule has 1 amide bonds. The molecule has 1 saturated heterocycles. The Labute approximate surface area is 207 Å². The van der Waals surface area contributed by atoms with Crippen LogP contribution in [0.15, 0.2) is 52.4 Å². The van der Waals surface area contributed by atoms with Crippen LogP contribution in [0.2, 0.25) is 0 Å². The molecule has 1 aliphatic heterocycles. The predicted octanol–water partition coefficient (Wildman–Crippen LogP) is 5.62. The number of aliphatic imine (C=N–C) groups is 1. The van der Waals surface area contributed by atoms with E-state index in [0.717, 1.165) is 32.1 Å². The Morgan fingerprint density at radius 3 is 2.66 bits per heavy atom. The van der Waals surface area contributed by atoms with Gasteiger partial charge in [-0.3, -0.25) is 9.69 Å². The molecule has 7 nitrogen and oxygen atoms in total. The van der Waals surface area contributed by atoms with Crippen LogP contribution in [-0.4, -0.2) is 46.3 Å². The van der Waals surface area contributed by atoms with E-state index < -0.39 is 18.4 Å². The van der Waals surface area contributed by atoms with Crippen molar-refractivity contribution in [1.29, 1.82) is 0 Å². The molecule has 2 aromatic carbocycles. The van der Waals surface area contributed by atoms with Gasteiger partial charge in [-0.25, -0.2) is 14.2 Å². The Bertz CT molecular complexity index is 1160. The van der Waals surface area contributed by atoms with Gasteiger partial charge in [0.05, 0.1) is 11.5 Å². The third kappa shape index (κ3) is 6.03. The number of halogens is 1. The van der Waals surface area contributed by atoms with Gasteiger partial charge in [0.1, 0.15) is 11.5 Å². The van der Waals surface area contributed by atoms with Crippen molar-refractivity contribution in [2.24, 2.45) is 4.99 Å². The molecule has 1 N–H and O–H groups in total. The van der Waals surface area contributed by atoms with Gasteiger partial charge in [0.2, 0.25) is 0 Å². The quantitative estimate of drug-likeness (QED) is 0.475. The molecule has 2 aromatic rings. The molecule has 184 valence electrons. The van der Waals surface area contributed by atoms with E-state index in [9.17, 15) is 14.0 Å². The van der Waals surface area contributed by atoms with Crippen molar-refractivity contribution in [1.82, 2.24) is 4.90 Å². The fourth-order valence-corrected chi connectivity index (χ4v) is 5.22. The zero-order valence-corrected chi connectivity index (χ0v) is 20.2. The highest BCUT2D eigenvalue weighted by atomic mass is 32.2. The number of amidine groups is 1. The molecule has 0 bridgehead atoms. The van der Waals surface area contributed by atoms with Crippen LogP contribution in [0.3, 0.4) is 0 Å². The number of nitrogens with zero attached hydrogens (tertiary/aromatic N) is 2. The molecular formula is C26H27FN2O5S. The molecule has 1 aliphatic carbocycles. The molecular weight excluding hydrogens is 471 g/mol. The van der Waals surface area contributed by atoms with E-state index in [4.69, 9.17) is 14.6 Å². The lowest BCUT2D eigenvalue weighted by atomic mass is 9.94. The standard InChI is InChI=1S/C26H27FN2O5S/c1-2-33-22-14-17(12-13-21(22)34-16-24(30)31)15-23-25(32)29(18-8-4-3-5-9-18)26(35-23)28-20-11-7-6-10-19(20)27/h6-7,10-15,18H,2-5,8-9,16H2,1H3,(H,30,31)/b23-15-,28-26?. The first kappa shape index (κ1) is 24.8. The zero-order valence-electron chi connectivity index (χ0n) is 19.4. The summed E-state index contributed by atoms with van der Waals surface area (Å²) in [5.74, 6) is -0.972. The number of carboxylic acids is 1. The van der Waals surface area contributed by atoms with Crippen LogP contribution < -0.4 is 9.47 Å². The Balaban J connectivity index is 1.67. The number of thioether (sulfide) groups is 1. The number of hydrogen-bond donors (Lipinski definition) is 1. The first-order chi connectivity index (χ1) is 17.0. The highest BCUT2D eigenvalue weighted by molar-refractivity contribution is 8.18. The summed E-state index contributed by atoms with van der Waals surface area (Å²) in [6.07, 6.45) is 6.75. The molecule has 0 aromatic heterocycles. The second-order valence-corrected chi connectivity index (χ2v) is 9.25. The number of aliphatic carboxylic acids is 1. The van der Waals surface area contributed by atoms with E-state index in [-0.39, 0.29) is 17.6 Å². The number of rotatable bonds is 8. The van der Waals surface area contributed by atoms with E-state index in [0.29, 0.717) is 33.7 Å². The fraction of sp³-hybridized carbons (Fsp3) is 0.346. The van der Waals surface area contributed by atoms with E-state index in [1.54, 1.807) is 47.4 Å². The van der Waals surface area contributed by atoms with Crippen molar-refractivity contribution >= 4 is 40.6 Å². The molecule has 0 atom stereocenters. The number of carboxylic acid groups (broad SMARTS) is 1. The largest absolute Gasteiger partial charge is 0.490 e. The van der Waals surface area contributed by atoms with Crippen LogP contribution in [0.5, 0.6) is 11.5 Å². The lowest BCUT2D eigenvalue weighted by Crippen LogP contribution is -2.40. The maximum absolute atomic E-state index is 14.3. The van der Waals surface area contributed by atoms with Crippen LogP contribution in [0.4, 0.5) is 10.1 Å². The summed E-state index contributed by atoms with van der Waals surface area (Å²) in [5.41, 5.74) is 0.895. The zero-order chi connectivity index (χ0) is 24.8. The second-order valence-electron chi connectivity index (χ2n) is 8.25. The SMILES string of the molecule is CCOc1cc(/C=C2\SC(=Nc3ccccc3F)N(C3CCCCC3)C2=O)ccc1OCC(=O)O. The summed E-state index contributed by atoms with van der Waals surface area (Å²) < 4.78 is 25.2. The minimum absolute atomic E-state index is 0.0333. The number of ether oxygens (including phenoxy) is 2. The Hall–Kier alpha value is -3.33. The third-order valence-electron chi connectivity index (χ3n) is 5.76. The number of benzene rings is 2. The van der Waals surface area contributed by atoms with Gasteiger partial charge in [-0.1, -0.05) is 37.5 Å². The molecule has 0 spiro atoms. The minimum atomic E-state index is -1.09. The first-order valence-corrected chi connectivity index (χ1v) is 12.5. The van der Waals surface area contributed by atoms with Crippen molar-refractivity contribution in [3.8, 4) is 11.5 Å². The minimum Gasteiger partial charge on any atom is -0.490 e. The average Bonchev–Trinajstić information content (AvgIpc) is 3.15. The first-order valence-electron chi connectivity index (χ1n) is 11.6. The number of hydrogen-bond acceptors (Lipinski definition) is 6. The maximum Gasteiger partial charge on any atom is 0.341 e. The van der Waals surface area contributed by atoms with E-state index in [1.165, 1.54) is 17.8 Å². The molecule has 1 heterocycles. The fourth-order valence-electron chi connectivity index (χ4n) is 4.16. The van der Waals surface area contributed by atoms with Crippen molar-refractivity contribution in [2.75, 3.05) is 13.2 Å². The van der Waals surface area contributed by atoms with Gasteiger partial charge in [-0.05, 0) is 67.4 Å². The van der Waals surface area contributed by atoms with E-state index in [1.807, 2.05) is 6.92 Å². The van der Waals surface area contributed by atoms with Gasteiger partial charge in [0, 0.05) is 6.04 Å². The van der Waals surface area contributed by atoms with Gasteiger partial charge >= 0.3 is 5.97 Å². The highest BCUT2D eigenvalue weighted by Gasteiger charge is 2.38. The lowest BCUT2D eigenvalue weighted by Gasteiger charge is -2.30. The van der Waals surface area contributed by atoms with Crippen molar-refractivity contribution in [2.45, 2.75) is 45.1 Å². The van der Waals surface area contributed by atoms with Crippen LogP contribution in [-0.2, 0) is 9.59 Å². The second kappa shape index (κ2) is 11.4. The van der Waals surface area contributed by atoms with Crippen LogP contribution in [0.25, 0.3) is 6.08 Å². The number of amides is 1. The summed E-state index contributed by atoms with van der Waals surface area (Å²) in [6, 6.07) is 11.4. The Morgan fingerprint density at radius 1 is 1.17 bits per heavy atom. The molecule has 0 radical (unpaired) electrons. The van der Waals surface area contributed by atoms with Gasteiger partial charge in [-0.15, -0.1) is 0 Å². The normalized spacial score (nSPS) is 18.9. The third-order valence-corrected chi connectivity index (χ3v) is 6.74. The highest BCUT2D eigenvalue weighted by Crippen LogP contribution is 2.39. The summed E-state index contributed by atoms with van der Waals surface area (Å²) in [7, 11) is 0. The van der Waals surface area contributed by atoms with Crippen molar-refractivity contribution < 1.29 is 28.6 Å². The number of carbonyl (C=O) groups excluding carboxylic acids is 1. The smallest absolute Gasteiger partial charge is 0.341 e. The Morgan fingerprint density at radius 2 is 1.94 bits per heavy atom. The molecule has 2 fully saturated rings. The summed E-state index contributed by atoms with van der Waals surface area (Å²) in [6.45, 7) is 1.70. The van der Waals surface area contributed by atoms with Gasteiger partial charge < -0.3 is 14.6 Å². The number of carbonyl (C=O) groups is 2. The summed E-state index contributed by atoms with van der Waals surface area (Å²) >= 11 is 1.23. The van der Waals surface area contributed by atoms with Gasteiger partial charge in [-0.2, -0.15) is 0 Å². The summed E-state index contributed by atoms with van der Waals surface area (Å²) in [5, 5.41) is 9.37. The van der Waals surface area contributed by atoms with Crippen molar-refractivity contribution in [3.63, 3.8) is 0 Å². The van der Waals surface area contributed by atoms with Crippen molar-refractivity contribution in [3.05, 3.63) is 58.8 Å². The summed E-state index contributed by atoms with van der Waals surface area (Å²) in [4.78, 5) is 31.1. The van der Waals surface area contributed by atoms with Crippen LogP contribution in [0, 0.1) is 5.82 Å². The molecule has 35 heavy (non-hydrogen) atoms. The predicted molar refractivity (Wildman–Crippen MR) is 134 cm³/mol. The van der Waals surface area contributed by atoms with Crippen LogP contribution >= 0.6 is 11.8 Å². The maximum atomic E-state index is 14.3. The molecule has 1 saturated carbocycles. The molecule has 9 heteroatoms. The number of para-hydroxylation sites is 1. The molecule has 2 aliphatic rings. The van der Waals surface area contributed by atoms with E-state index in [2.05, 4.69) is 4.99 Å². The molecule has 4 rings (SSSR count). The lowest BCUT2D eigenvalue weighted by molar-refractivity contribution is -0.139. The van der Waals surface area contributed by atoms with Crippen LogP contribution in [0.1, 0.15) is 44.6 Å². The Kier molecular flexibility index (Phi) is 8.07. The van der Waals surface area contributed by atoms with E-state index >= 15 is 0 Å². The molecule has 0 unspecified atom stereocenters. The van der Waals surface area contributed by atoms with Gasteiger partial charge in [0.25, 0.3) is 5.91 Å². The topological polar surface area (TPSA) is 88.4 Å².